The number of hydrogen-bond donors (Lipinski definition) is 2. The van der Waals surface area contributed by atoms with Gasteiger partial charge in [0, 0.05) is 46.7 Å². The summed E-state index contributed by atoms with van der Waals surface area (Å²) in [6.07, 6.45) is -1.31. The van der Waals surface area contributed by atoms with Gasteiger partial charge < -0.3 is 16.0 Å². The van der Waals surface area contributed by atoms with Crippen LogP contribution >= 0.6 is 0 Å². The van der Waals surface area contributed by atoms with E-state index in [2.05, 4.69) is 20.2 Å². The summed E-state index contributed by atoms with van der Waals surface area (Å²) in [6.45, 7) is 5.58. The Hall–Kier alpha value is -3.01. The van der Waals surface area contributed by atoms with Gasteiger partial charge in [-0.05, 0) is 58.1 Å². The Morgan fingerprint density at radius 2 is 1.80 bits per heavy atom. The molecular formula is C25H26F4N6. The first-order valence-corrected chi connectivity index (χ1v) is 11.9. The SMILES string of the molecule is Cc1nc(N)cc(-c2nc3c4c(nc(C)c(C)c4c2F)N2C[C@H]4CC[C@H](N4)[C@H]2CC3)c1C(F)(F)F. The summed E-state index contributed by atoms with van der Waals surface area (Å²) in [5.41, 5.74) is 5.63. The summed E-state index contributed by atoms with van der Waals surface area (Å²) in [5, 5.41) is 4.59. The van der Waals surface area contributed by atoms with Crippen LogP contribution in [0.4, 0.5) is 29.2 Å². The van der Waals surface area contributed by atoms with E-state index in [1.807, 2.05) is 6.92 Å². The maximum atomic E-state index is 16.3. The lowest BCUT2D eigenvalue weighted by atomic mass is 9.96. The Balaban J connectivity index is 1.67. The highest BCUT2D eigenvalue weighted by Crippen LogP contribution is 2.45. The molecule has 3 aromatic heterocycles. The molecule has 3 aliphatic heterocycles. The summed E-state index contributed by atoms with van der Waals surface area (Å²) in [4.78, 5) is 15.5. The molecule has 10 heteroatoms. The van der Waals surface area contributed by atoms with E-state index in [0.29, 0.717) is 52.0 Å². The molecule has 6 rings (SSSR count). The van der Waals surface area contributed by atoms with Crippen LogP contribution in [-0.2, 0) is 12.6 Å². The van der Waals surface area contributed by atoms with Crippen LogP contribution in [0.5, 0.6) is 0 Å². The van der Waals surface area contributed by atoms with Gasteiger partial charge in [-0.2, -0.15) is 13.2 Å². The number of pyridine rings is 3. The van der Waals surface area contributed by atoms with E-state index in [0.717, 1.165) is 31.9 Å². The van der Waals surface area contributed by atoms with Gasteiger partial charge in [-0.15, -0.1) is 0 Å². The summed E-state index contributed by atoms with van der Waals surface area (Å²) < 4.78 is 58.5. The molecule has 3 aromatic rings. The normalized spacial score (nSPS) is 23.5. The average molecular weight is 487 g/mol. The number of alkyl halides is 3. The van der Waals surface area contributed by atoms with Crippen LogP contribution in [0, 0.1) is 26.6 Å². The molecule has 3 atom stereocenters. The number of anilines is 2. The Morgan fingerprint density at radius 3 is 2.54 bits per heavy atom. The zero-order valence-corrected chi connectivity index (χ0v) is 19.7. The quantitative estimate of drug-likeness (QED) is 0.489. The molecule has 0 unspecified atom stereocenters. The van der Waals surface area contributed by atoms with Crippen molar-refractivity contribution >= 4 is 22.4 Å². The largest absolute Gasteiger partial charge is 0.418 e. The smallest absolute Gasteiger partial charge is 0.384 e. The highest BCUT2D eigenvalue weighted by atomic mass is 19.4. The molecule has 0 aliphatic carbocycles. The van der Waals surface area contributed by atoms with Crippen molar-refractivity contribution < 1.29 is 17.6 Å². The molecule has 0 saturated carbocycles. The molecule has 0 radical (unpaired) electrons. The molecule has 35 heavy (non-hydrogen) atoms. The molecule has 2 saturated heterocycles. The summed E-state index contributed by atoms with van der Waals surface area (Å²) in [7, 11) is 0. The highest BCUT2D eigenvalue weighted by molar-refractivity contribution is 6.00. The van der Waals surface area contributed by atoms with Gasteiger partial charge >= 0.3 is 6.18 Å². The molecule has 6 nitrogen and oxygen atoms in total. The minimum absolute atomic E-state index is 0.111. The maximum Gasteiger partial charge on any atom is 0.418 e. The number of halogens is 4. The Kier molecular flexibility index (Phi) is 4.81. The van der Waals surface area contributed by atoms with Crippen molar-refractivity contribution in [3.05, 3.63) is 40.1 Å². The fourth-order valence-electron chi connectivity index (χ4n) is 6.27. The van der Waals surface area contributed by atoms with Crippen molar-refractivity contribution in [2.45, 2.75) is 70.8 Å². The van der Waals surface area contributed by atoms with Crippen molar-refractivity contribution in [2.75, 3.05) is 17.2 Å². The summed E-state index contributed by atoms with van der Waals surface area (Å²) >= 11 is 0. The van der Waals surface area contributed by atoms with Crippen LogP contribution < -0.4 is 16.0 Å². The van der Waals surface area contributed by atoms with Crippen molar-refractivity contribution in [1.82, 2.24) is 20.3 Å². The van der Waals surface area contributed by atoms with Gasteiger partial charge in [0.1, 0.15) is 17.3 Å². The van der Waals surface area contributed by atoms with Crippen LogP contribution in [0.1, 0.15) is 47.5 Å². The van der Waals surface area contributed by atoms with Gasteiger partial charge in [0.2, 0.25) is 0 Å². The molecule has 0 amide bonds. The lowest BCUT2D eigenvalue weighted by Crippen LogP contribution is -2.58. The van der Waals surface area contributed by atoms with Crippen LogP contribution in [0.2, 0.25) is 0 Å². The van der Waals surface area contributed by atoms with Crippen LogP contribution in [0.3, 0.4) is 0 Å². The predicted octanol–water partition coefficient (Wildman–Crippen LogP) is 4.61. The molecule has 3 N–H and O–H groups in total. The number of nitrogens with one attached hydrogen (secondary N) is 1. The van der Waals surface area contributed by atoms with Crippen molar-refractivity contribution in [3.63, 3.8) is 0 Å². The number of aromatic nitrogens is 3. The number of aryl methyl sites for hydroxylation is 4. The number of hydrogen-bond acceptors (Lipinski definition) is 6. The second kappa shape index (κ2) is 7.49. The van der Waals surface area contributed by atoms with Crippen molar-refractivity contribution in [2.24, 2.45) is 0 Å². The number of nitrogen functional groups attached to an aromatic ring is 1. The fraction of sp³-hybridized carbons (Fsp3) is 0.480. The van der Waals surface area contributed by atoms with Crippen molar-refractivity contribution in [3.8, 4) is 11.3 Å². The van der Waals surface area contributed by atoms with E-state index in [1.165, 1.54) is 6.92 Å². The second-order valence-corrected chi connectivity index (χ2v) is 9.98. The van der Waals surface area contributed by atoms with Crippen molar-refractivity contribution in [1.29, 1.82) is 0 Å². The average Bonchev–Trinajstić information content (AvgIpc) is 3.08. The number of fused-ring (bicyclic) bond motifs is 5. The number of piperazine rings is 1. The first kappa shape index (κ1) is 22.5. The van der Waals surface area contributed by atoms with Gasteiger partial charge in [0.05, 0.1) is 17.0 Å². The lowest BCUT2D eigenvalue weighted by Gasteiger charge is -2.41. The first-order valence-electron chi connectivity index (χ1n) is 11.9. The Bertz CT molecular complexity index is 1390. The second-order valence-electron chi connectivity index (χ2n) is 9.98. The summed E-state index contributed by atoms with van der Waals surface area (Å²) in [6, 6.07) is 1.92. The van der Waals surface area contributed by atoms with E-state index in [-0.39, 0.29) is 28.8 Å². The van der Waals surface area contributed by atoms with Gasteiger partial charge in [0.25, 0.3) is 0 Å². The standard InChI is InChI=1S/C25H26F4N6/c1-10-11(2)32-24-20-16(6-7-17-15-5-4-13(33-15)9-35(17)24)34-23(22(26)19(10)20)14-8-18(30)31-12(3)21(14)25(27,28)29/h8,13,15,17,33H,4-7,9H2,1-3H3,(H2,30,31)/t13-,15+,17-/m1/s1. The van der Waals surface area contributed by atoms with E-state index < -0.39 is 17.6 Å². The molecule has 2 bridgehead atoms. The van der Waals surface area contributed by atoms with E-state index in [1.54, 1.807) is 6.92 Å². The molecule has 2 fully saturated rings. The molecule has 184 valence electrons. The monoisotopic (exact) mass is 486 g/mol. The lowest BCUT2D eigenvalue weighted by molar-refractivity contribution is -0.137. The van der Waals surface area contributed by atoms with Gasteiger partial charge in [-0.25, -0.2) is 19.3 Å². The Morgan fingerprint density at radius 1 is 1.03 bits per heavy atom. The fourth-order valence-corrected chi connectivity index (χ4v) is 6.27. The minimum atomic E-state index is -4.74. The van der Waals surface area contributed by atoms with Crippen LogP contribution in [-0.4, -0.2) is 39.6 Å². The topological polar surface area (TPSA) is 80.0 Å². The number of nitrogens with zero attached hydrogens (tertiary/aromatic N) is 4. The first-order chi connectivity index (χ1) is 16.5. The van der Waals surface area contributed by atoms with Crippen LogP contribution in [0.15, 0.2) is 6.07 Å². The van der Waals surface area contributed by atoms with Gasteiger partial charge in [-0.1, -0.05) is 0 Å². The minimum Gasteiger partial charge on any atom is -0.384 e. The van der Waals surface area contributed by atoms with Crippen LogP contribution in [0.25, 0.3) is 22.0 Å². The van der Waals surface area contributed by atoms with E-state index in [9.17, 15) is 13.2 Å². The zero-order valence-electron chi connectivity index (χ0n) is 19.7. The number of rotatable bonds is 1. The highest BCUT2D eigenvalue weighted by Gasteiger charge is 2.43. The molecular weight excluding hydrogens is 460 g/mol. The maximum absolute atomic E-state index is 16.3. The van der Waals surface area contributed by atoms with E-state index in [4.69, 9.17) is 10.7 Å². The molecule has 6 heterocycles. The summed E-state index contributed by atoms with van der Waals surface area (Å²) in [5.74, 6) is -0.196. The Labute approximate surface area is 200 Å². The molecule has 3 aliphatic rings. The van der Waals surface area contributed by atoms with E-state index >= 15 is 4.39 Å². The van der Waals surface area contributed by atoms with Gasteiger partial charge in [0.15, 0.2) is 5.82 Å². The predicted molar refractivity (Wildman–Crippen MR) is 126 cm³/mol. The zero-order chi connectivity index (χ0) is 24.8. The molecule has 0 aromatic carbocycles. The third-order valence-electron chi connectivity index (χ3n) is 7.89. The van der Waals surface area contributed by atoms with Gasteiger partial charge in [-0.3, -0.25) is 0 Å². The number of nitrogens with two attached hydrogens (primary N) is 1. The third-order valence-corrected chi connectivity index (χ3v) is 7.89. The third kappa shape index (κ3) is 3.29. The molecule has 0 spiro atoms.